The smallest absolute Gasteiger partial charge is 0.324 e. The van der Waals surface area contributed by atoms with E-state index in [2.05, 4.69) is 4.72 Å². The molecule has 0 aromatic heterocycles. The predicted octanol–water partition coefficient (Wildman–Crippen LogP) is 1.24. The van der Waals surface area contributed by atoms with Crippen molar-refractivity contribution in [3.8, 4) is 0 Å². The lowest BCUT2D eigenvalue weighted by Gasteiger charge is -2.28. The first-order chi connectivity index (χ1) is 6.82. The minimum absolute atomic E-state index is 0.308. The Labute approximate surface area is 94.4 Å². The van der Waals surface area contributed by atoms with Crippen molar-refractivity contribution in [2.75, 3.05) is 12.4 Å². The third-order valence-electron chi connectivity index (χ3n) is 1.90. The minimum atomic E-state index is -1.18. The van der Waals surface area contributed by atoms with Crippen molar-refractivity contribution in [2.24, 2.45) is 5.41 Å². The molecule has 0 amide bonds. The summed E-state index contributed by atoms with van der Waals surface area (Å²) in [4.78, 5) is 11.6. The summed E-state index contributed by atoms with van der Waals surface area (Å²) in [6.07, 6.45) is 0. The highest BCUT2D eigenvalue weighted by atomic mass is 32.2. The van der Waals surface area contributed by atoms with Crippen molar-refractivity contribution in [1.29, 1.82) is 0 Å². The summed E-state index contributed by atoms with van der Waals surface area (Å²) in [7, 11) is -1.18. The van der Waals surface area contributed by atoms with Gasteiger partial charge in [0.25, 0.3) is 0 Å². The zero-order valence-corrected chi connectivity index (χ0v) is 10.9. The lowest BCUT2D eigenvalue weighted by molar-refractivity contribution is -0.147. The largest absolute Gasteiger partial charge is 0.465 e. The Hall–Kier alpha value is -0.420. The number of esters is 1. The van der Waals surface area contributed by atoms with E-state index in [1.54, 1.807) is 13.8 Å². The van der Waals surface area contributed by atoms with E-state index in [9.17, 15) is 9.00 Å². The summed E-state index contributed by atoms with van der Waals surface area (Å²) < 4.78 is 19.1. The zero-order chi connectivity index (χ0) is 12.1. The number of rotatable bonds is 5. The van der Waals surface area contributed by atoms with Gasteiger partial charge in [-0.2, -0.15) is 0 Å². The monoisotopic (exact) mass is 235 g/mol. The third-order valence-corrected chi connectivity index (χ3v) is 2.92. The summed E-state index contributed by atoms with van der Waals surface area (Å²) >= 11 is 0. The molecule has 0 saturated carbocycles. The Morgan fingerprint density at radius 2 is 1.93 bits per heavy atom. The first-order valence-electron chi connectivity index (χ1n) is 5.14. The number of carbonyl (C=O) groups is 1. The number of nitrogens with one attached hydrogen (secondary N) is 1. The van der Waals surface area contributed by atoms with Gasteiger partial charge in [-0.15, -0.1) is 0 Å². The molecule has 0 aliphatic carbocycles. The Balaban J connectivity index is 4.59. The van der Waals surface area contributed by atoms with Crippen molar-refractivity contribution in [3.63, 3.8) is 0 Å². The summed E-state index contributed by atoms with van der Waals surface area (Å²) in [6, 6.07) is -0.529. The first kappa shape index (κ1) is 14.6. The highest BCUT2D eigenvalue weighted by Crippen LogP contribution is 2.20. The van der Waals surface area contributed by atoms with Crippen molar-refractivity contribution < 1.29 is 13.7 Å². The van der Waals surface area contributed by atoms with E-state index in [-0.39, 0.29) is 11.4 Å². The van der Waals surface area contributed by atoms with E-state index in [0.717, 1.165) is 0 Å². The van der Waals surface area contributed by atoms with Crippen molar-refractivity contribution in [1.82, 2.24) is 4.72 Å². The van der Waals surface area contributed by atoms with Crippen LogP contribution in [0.3, 0.4) is 0 Å². The fourth-order valence-corrected chi connectivity index (χ4v) is 1.90. The topological polar surface area (TPSA) is 55.4 Å². The first-order valence-corrected chi connectivity index (χ1v) is 6.46. The van der Waals surface area contributed by atoms with Crippen LogP contribution in [0.4, 0.5) is 0 Å². The molecule has 0 aromatic carbocycles. The molecule has 2 atom stereocenters. The molecular formula is C10H21NO3S. The van der Waals surface area contributed by atoms with Crippen LogP contribution in [-0.4, -0.2) is 28.6 Å². The van der Waals surface area contributed by atoms with Crippen LogP contribution in [0.25, 0.3) is 0 Å². The molecule has 4 nitrogen and oxygen atoms in total. The standard InChI is InChI=1S/C10H21NO3S/c1-6-14-9(12)8(10(3,4)5)11-15(13)7-2/h8,11H,6-7H2,1-5H3/t8-,15+/m1/s1. The molecular weight excluding hydrogens is 214 g/mol. The molecule has 0 aliphatic heterocycles. The normalized spacial score (nSPS) is 15.8. The van der Waals surface area contributed by atoms with Crippen molar-refractivity contribution in [3.05, 3.63) is 0 Å². The second-order valence-electron chi connectivity index (χ2n) is 4.30. The van der Waals surface area contributed by atoms with Gasteiger partial charge in [-0.25, -0.2) is 8.93 Å². The molecule has 15 heavy (non-hydrogen) atoms. The van der Waals surface area contributed by atoms with Crippen LogP contribution in [0.1, 0.15) is 34.6 Å². The van der Waals surface area contributed by atoms with Crippen LogP contribution < -0.4 is 4.72 Å². The van der Waals surface area contributed by atoms with Gasteiger partial charge in [0.2, 0.25) is 0 Å². The average molecular weight is 235 g/mol. The molecule has 90 valence electrons. The molecule has 0 radical (unpaired) electrons. The number of hydrogen-bond acceptors (Lipinski definition) is 3. The van der Waals surface area contributed by atoms with Crippen LogP contribution >= 0.6 is 0 Å². The second-order valence-corrected chi connectivity index (χ2v) is 5.81. The summed E-state index contributed by atoms with van der Waals surface area (Å²) in [5.74, 6) is 0.137. The van der Waals surface area contributed by atoms with Crippen LogP contribution in [0.2, 0.25) is 0 Å². The van der Waals surface area contributed by atoms with E-state index in [1.807, 2.05) is 20.8 Å². The van der Waals surface area contributed by atoms with E-state index in [0.29, 0.717) is 12.4 Å². The lowest BCUT2D eigenvalue weighted by Crippen LogP contribution is -2.48. The van der Waals surface area contributed by atoms with E-state index in [4.69, 9.17) is 4.74 Å². The van der Waals surface area contributed by atoms with Gasteiger partial charge in [-0.3, -0.25) is 4.79 Å². The number of carbonyl (C=O) groups excluding carboxylic acids is 1. The van der Waals surface area contributed by atoms with Gasteiger partial charge >= 0.3 is 5.97 Å². The predicted molar refractivity (Wildman–Crippen MR) is 61.7 cm³/mol. The SMILES string of the molecule is CCOC(=O)[C@@H](N[S@@](=O)CC)C(C)(C)C. The molecule has 0 saturated heterocycles. The highest BCUT2D eigenvalue weighted by molar-refractivity contribution is 7.83. The summed E-state index contributed by atoms with van der Waals surface area (Å²) in [5.41, 5.74) is -0.308. The van der Waals surface area contributed by atoms with Gasteiger partial charge in [-0.05, 0) is 12.3 Å². The highest BCUT2D eigenvalue weighted by Gasteiger charge is 2.33. The summed E-state index contributed by atoms with van der Waals surface area (Å²) in [6.45, 7) is 9.63. The van der Waals surface area contributed by atoms with Gasteiger partial charge in [-0.1, -0.05) is 27.7 Å². The molecule has 0 bridgehead atoms. The molecule has 1 N–H and O–H groups in total. The van der Waals surface area contributed by atoms with Crippen molar-refractivity contribution in [2.45, 2.75) is 40.7 Å². The maximum absolute atomic E-state index is 11.6. The van der Waals surface area contributed by atoms with E-state index >= 15 is 0 Å². The quantitative estimate of drug-likeness (QED) is 0.729. The third kappa shape index (κ3) is 5.28. The zero-order valence-electron chi connectivity index (χ0n) is 10.1. The molecule has 0 unspecified atom stereocenters. The van der Waals surface area contributed by atoms with Gasteiger partial charge < -0.3 is 4.74 Å². The molecule has 0 rings (SSSR count). The fourth-order valence-electron chi connectivity index (χ4n) is 1.02. The molecule has 0 fully saturated rings. The average Bonchev–Trinajstić information content (AvgIpc) is 2.12. The lowest BCUT2D eigenvalue weighted by atomic mass is 9.87. The Bertz CT molecular complexity index is 235. The molecule has 0 heterocycles. The molecule has 5 heteroatoms. The maximum Gasteiger partial charge on any atom is 0.324 e. The Morgan fingerprint density at radius 1 is 1.40 bits per heavy atom. The Morgan fingerprint density at radius 3 is 2.27 bits per heavy atom. The Kier molecular flexibility index (Phi) is 6.05. The van der Waals surface area contributed by atoms with Gasteiger partial charge in [0.15, 0.2) is 0 Å². The molecule has 0 aromatic rings. The van der Waals surface area contributed by atoms with E-state index < -0.39 is 17.0 Å². The maximum atomic E-state index is 11.6. The number of ether oxygens (including phenoxy) is 1. The summed E-state index contributed by atoms with van der Waals surface area (Å²) in [5, 5.41) is 0. The molecule has 0 spiro atoms. The van der Waals surface area contributed by atoms with Crippen molar-refractivity contribution >= 4 is 17.0 Å². The van der Waals surface area contributed by atoms with Gasteiger partial charge in [0.05, 0.1) is 17.6 Å². The molecule has 0 aliphatic rings. The minimum Gasteiger partial charge on any atom is -0.465 e. The van der Waals surface area contributed by atoms with E-state index in [1.165, 1.54) is 0 Å². The van der Waals surface area contributed by atoms with Gasteiger partial charge in [0, 0.05) is 5.75 Å². The van der Waals surface area contributed by atoms with Gasteiger partial charge in [0.1, 0.15) is 6.04 Å². The fraction of sp³-hybridized carbons (Fsp3) is 0.900. The number of hydrogen-bond donors (Lipinski definition) is 1. The van der Waals surface area contributed by atoms with Crippen LogP contribution in [0.5, 0.6) is 0 Å². The second kappa shape index (κ2) is 6.23. The van der Waals surface area contributed by atoms with Crippen LogP contribution in [0, 0.1) is 5.41 Å². The van der Waals surface area contributed by atoms with Crippen LogP contribution in [0.15, 0.2) is 0 Å². The van der Waals surface area contributed by atoms with Crippen LogP contribution in [-0.2, 0) is 20.5 Å².